The summed E-state index contributed by atoms with van der Waals surface area (Å²) in [5.74, 6) is 0. The first-order valence-corrected chi connectivity index (χ1v) is 8.31. The van der Waals surface area contributed by atoms with E-state index in [-0.39, 0.29) is 6.04 Å². The molecule has 2 unspecified atom stereocenters. The van der Waals surface area contributed by atoms with Crippen LogP contribution in [0.1, 0.15) is 34.7 Å². The van der Waals surface area contributed by atoms with Crippen molar-refractivity contribution in [2.24, 2.45) is 5.73 Å². The van der Waals surface area contributed by atoms with Gasteiger partial charge in [0.05, 0.1) is 0 Å². The highest BCUT2D eigenvalue weighted by Gasteiger charge is 2.30. The molecule has 0 aliphatic heterocycles. The van der Waals surface area contributed by atoms with Crippen molar-refractivity contribution < 1.29 is 0 Å². The Kier molecular flexibility index (Phi) is 3.08. The van der Waals surface area contributed by atoms with Crippen LogP contribution >= 0.6 is 11.8 Å². The molecule has 0 heterocycles. The number of nitrogens with two attached hydrogens (primary N) is 1. The quantitative estimate of drug-likeness (QED) is 0.903. The van der Waals surface area contributed by atoms with Crippen molar-refractivity contribution in [2.75, 3.05) is 0 Å². The Morgan fingerprint density at radius 2 is 1.80 bits per heavy atom. The second-order valence-electron chi connectivity index (χ2n) is 5.87. The van der Waals surface area contributed by atoms with Crippen LogP contribution in [-0.2, 0) is 19.3 Å². The maximum absolute atomic E-state index is 6.43. The summed E-state index contributed by atoms with van der Waals surface area (Å²) in [6.07, 6.45) is 4.92. The third-order valence-electron chi connectivity index (χ3n) is 4.59. The fourth-order valence-electron chi connectivity index (χ4n) is 3.50. The summed E-state index contributed by atoms with van der Waals surface area (Å²) in [7, 11) is 0. The monoisotopic (exact) mass is 281 g/mol. The summed E-state index contributed by atoms with van der Waals surface area (Å²) < 4.78 is 0. The number of thioether (sulfide) groups is 1. The second kappa shape index (κ2) is 4.94. The van der Waals surface area contributed by atoms with Crippen molar-refractivity contribution in [1.82, 2.24) is 0 Å². The summed E-state index contributed by atoms with van der Waals surface area (Å²) in [6.45, 7) is 0. The zero-order valence-electron chi connectivity index (χ0n) is 11.5. The lowest BCUT2D eigenvalue weighted by molar-refractivity contribution is 0.731. The highest BCUT2D eigenvalue weighted by Crippen LogP contribution is 2.40. The molecule has 20 heavy (non-hydrogen) atoms. The molecule has 0 amide bonds. The Morgan fingerprint density at radius 3 is 2.70 bits per heavy atom. The number of hydrogen-bond donors (Lipinski definition) is 1. The highest BCUT2D eigenvalue weighted by molar-refractivity contribution is 8.00. The molecule has 2 N–H and O–H groups in total. The molecule has 2 heteroatoms. The van der Waals surface area contributed by atoms with E-state index < -0.39 is 0 Å². The third kappa shape index (κ3) is 2.07. The van der Waals surface area contributed by atoms with Gasteiger partial charge < -0.3 is 5.73 Å². The van der Waals surface area contributed by atoms with Gasteiger partial charge in [0.2, 0.25) is 0 Å². The first-order chi connectivity index (χ1) is 9.81. The summed E-state index contributed by atoms with van der Waals surface area (Å²) in [6, 6.07) is 15.8. The predicted molar refractivity (Wildman–Crippen MR) is 85.2 cm³/mol. The fraction of sp³-hybridized carbons (Fsp3) is 0.333. The Labute approximate surface area is 124 Å². The molecule has 2 atom stereocenters. The van der Waals surface area contributed by atoms with Crippen molar-refractivity contribution in [2.45, 2.75) is 41.9 Å². The maximum Gasteiger partial charge on any atom is 0.0425 e. The SMILES string of the molecule is NC1c2ccccc2CC1Sc1ccc2c(c1)CCC2. The molecular weight excluding hydrogens is 262 g/mol. The molecule has 2 aromatic rings. The van der Waals surface area contributed by atoms with E-state index in [0.717, 1.165) is 6.42 Å². The van der Waals surface area contributed by atoms with Gasteiger partial charge in [0.15, 0.2) is 0 Å². The Morgan fingerprint density at radius 1 is 0.950 bits per heavy atom. The lowest BCUT2D eigenvalue weighted by atomic mass is 10.1. The molecule has 0 bridgehead atoms. The van der Waals surface area contributed by atoms with Crippen molar-refractivity contribution in [1.29, 1.82) is 0 Å². The van der Waals surface area contributed by atoms with Crippen molar-refractivity contribution in [3.63, 3.8) is 0 Å². The normalized spacial score (nSPS) is 23.6. The van der Waals surface area contributed by atoms with Crippen LogP contribution in [0.5, 0.6) is 0 Å². The largest absolute Gasteiger partial charge is 0.323 e. The van der Waals surface area contributed by atoms with Crippen LogP contribution in [0.2, 0.25) is 0 Å². The van der Waals surface area contributed by atoms with Crippen LogP contribution in [0, 0.1) is 0 Å². The lowest BCUT2D eigenvalue weighted by Gasteiger charge is -2.16. The van der Waals surface area contributed by atoms with Gasteiger partial charge in [0, 0.05) is 16.2 Å². The van der Waals surface area contributed by atoms with Crippen LogP contribution < -0.4 is 5.73 Å². The van der Waals surface area contributed by atoms with Crippen LogP contribution in [0.25, 0.3) is 0 Å². The average molecular weight is 281 g/mol. The lowest BCUT2D eigenvalue weighted by Crippen LogP contribution is -2.18. The molecule has 2 aromatic carbocycles. The van der Waals surface area contributed by atoms with Gasteiger partial charge in [-0.1, -0.05) is 30.3 Å². The van der Waals surface area contributed by atoms with Crippen LogP contribution in [-0.4, -0.2) is 5.25 Å². The van der Waals surface area contributed by atoms with Gasteiger partial charge in [0.25, 0.3) is 0 Å². The van der Waals surface area contributed by atoms with Crippen molar-refractivity contribution >= 4 is 11.8 Å². The zero-order valence-corrected chi connectivity index (χ0v) is 12.3. The fourth-order valence-corrected chi connectivity index (χ4v) is 4.76. The number of aryl methyl sites for hydroxylation is 2. The molecule has 0 aromatic heterocycles. The molecule has 0 spiro atoms. The number of fused-ring (bicyclic) bond motifs is 2. The minimum atomic E-state index is 0.171. The minimum absolute atomic E-state index is 0.171. The van der Waals surface area contributed by atoms with E-state index in [1.165, 1.54) is 35.3 Å². The number of hydrogen-bond acceptors (Lipinski definition) is 2. The van der Waals surface area contributed by atoms with Gasteiger partial charge >= 0.3 is 0 Å². The molecule has 102 valence electrons. The molecule has 2 aliphatic carbocycles. The summed E-state index contributed by atoms with van der Waals surface area (Å²) in [4.78, 5) is 1.39. The van der Waals surface area contributed by atoms with E-state index >= 15 is 0 Å². The molecule has 0 saturated heterocycles. The van der Waals surface area contributed by atoms with Gasteiger partial charge in [-0.25, -0.2) is 0 Å². The Bertz CT molecular complexity index is 650. The molecule has 0 saturated carbocycles. The van der Waals surface area contributed by atoms with Crippen LogP contribution in [0.3, 0.4) is 0 Å². The van der Waals surface area contributed by atoms with Gasteiger partial charge in [-0.15, -0.1) is 11.8 Å². The van der Waals surface area contributed by atoms with Crippen LogP contribution in [0.4, 0.5) is 0 Å². The van der Waals surface area contributed by atoms with Gasteiger partial charge in [0.1, 0.15) is 0 Å². The molecule has 0 fully saturated rings. The molecular formula is C18H19NS. The predicted octanol–water partition coefficient (Wildman–Crippen LogP) is 3.89. The second-order valence-corrected chi connectivity index (χ2v) is 7.18. The third-order valence-corrected chi connectivity index (χ3v) is 5.88. The molecule has 0 radical (unpaired) electrons. The molecule has 2 aliphatic rings. The van der Waals surface area contributed by atoms with Gasteiger partial charge in [-0.05, 0) is 60.1 Å². The Hall–Kier alpha value is -1.25. The smallest absolute Gasteiger partial charge is 0.0425 e. The van der Waals surface area contributed by atoms with E-state index in [0.29, 0.717) is 5.25 Å². The molecule has 1 nitrogen and oxygen atoms in total. The highest BCUT2D eigenvalue weighted by atomic mass is 32.2. The van der Waals surface area contributed by atoms with E-state index in [1.807, 2.05) is 11.8 Å². The van der Waals surface area contributed by atoms with Gasteiger partial charge in [-0.3, -0.25) is 0 Å². The van der Waals surface area contributed by atoms with E-state index in [4.69, 9.17) is 5.73 Å². The molecule has 4 rings (SSSR count). The van der Waals surface area contributed by atoms with E-state index in [9.17, 15) is 0 Å². The average Bonchev–Trinajstić information content (AvgIpc) is 3.05. The minimum Gasteiger partial charge on any atom is -0.323 e. The number of rotatable bonds is 2. The Balaban J connectivity index is 1.56. The standard InChI is InChI=1S/C18H19NS/c19-18-16-7-2-1-4-14(16)11-17(18)20-15-9-8-12-5-3-6-13(12)10-15/h1-2,4,7-10,17-18H,3,5-6,11,19H2. The van der Waals surface area contributed by atoms with Gasteiger partial charge in [-0.2, -0.15) is 0 Å². The van der Waals surface area contributed by atoms with Crippen LogP contribution in [0.15, 0.2) is 47.4 Å². The summed E-state index contributed by atoms with van der Waals surface area (Å²) >= 11 is 1.96. The zero-order chi connectivity index (χ0) is 13.5. The van der Waals surface area contributed by atoms with Crippen molar-refractivity contribution in [3.8, 4) is 0 Å². The topological polar surface area (TPSA) is 26.0 Å². The first-order valence-electron chi connectivity index (χ1n) is 7.43. The maximum atomic E-state index is 6.43. The van der Waals surface area contributed by atoms with Crippen molar-refractivity contribution in [3.05, 3.63) is 64.7 Å². The summed E-state index contributed by atoms with van der Waals surface area (Å²) in [5.41, 5.74) is 12.3. The summed E-state index contributed by atoms with van der Waals surface area (Å²) in [5, 5.41) is 0.479. The van der Waals surface area contributed by atoms with E-state index in [2.05, 4.69) is 42.5 Å². The first kappa shape index (κ1) is 12.5. The van der Waals surface area contributed by atoms with E-state index in [1.54, 1.807) is 11.1 Å². The number of benzene rings is 2.